The quantitative estimate of drug-likeness (QED) is 0.274. The summed E-state index contributed by atoms with van der Waals surface area (Å²) < 4.78 is 4.05. The molecular formula is C26H21Cl2N2+. The molecule has 0 spiro atoms. The molecule has 4 heteroatoms. The highest BCUT2D eigenvalue weighted by Gasteiger charge is 2.20. The highest BCUT2D eigenvalue weighted by molar-refractivity contribution is 6.39. The van der Waals surface area contributed by atoms with Crippen molar-refractivity contribution in [2.24, 2.45) is 0 Å². The first kappa shape index (κ1) is 19.2. The van der Waals surface area contributed by atoms with Gasteiger partial charge < -0.3 is 0 Å². The van der Waals surface area contributed by atoms with Crippen LogP contribution in [0.25, 0.3) is 21.5 Å². The predicted molar refractivity (Wildman–Crippen MR) is 125 cm³/mol. The van der Waals surface area contributed by atoms with Crippen LogP contribution < -0.4 is 4.57 Å². The van der Waals surface area contributed by atoms with Crippen molar-refractivity contribution in [3.63, 3.8) is 0 Å². The predicted octanol–water partition coefficient (Wildman–Crippen LogP) is 6.68. The van der Waals surface area contributed by atoms with Crippen molar-refractivity contribution in [1.82, 2.24) is 4.57 Å². The molecule has 1 heterocycles. The number of aryl methyl sites for hydroxylation is 2. The van der Waals surface area contributed by atoms with Crippen LogP contribution in [0.1, 0.15) is 11.1 Å². The first-order valence-corrected chi connectivity index (χ1v) is 10.8. The number of benzene rings is 4. The molecule has 0 fully saturated rings. The van der Waals surface area contributed by atoms with Gasteiger partial charge in [0.05, 0.1) is 6.54 Å². The normalized spacial score (nSPS) is 11.4. The van der Waals surface area contributed by atoms with E-state index in [0.29, 0.717) is 16.9 Å². The molecule has 0 unspecified atom stereocenters. The molecule has 148 valence electrons. The summed E-state index contributed by atoms with van der Waals surface area (Å²) in [5.41, 5.74) is 2.51. The standard InChI is InChI=1S/C26H21Cl2N2/c27-25-26(28)30(17-19-12-13-20-6-1-2-8-23(20)16-19)18-29(25)15-14-22-10-5-9-21-7-3-4-11-24(21)22/h1-13,16,18H,14-15,17H2/q+1. The molecule has 0 radical (unpaired) electrons. The van der Waals surface area contributed by atoms with Gasteiger partial charge in [-0.25, -0.2) is 9.13 Å². The zero-order chi connectivity index (χ0) is 20.5. The van der Waals surface area contributed by atoms with E-state index in [4.69, 9.17) is 23.2 Å². The Balaban J connectivity index is 1.38. The topological polar surface area (TPSA) is 8.81 Å². The van der Waals surface area contributed by atoms with Crippen LogP contribution in [-0.2, 0) is 19.5 Å². The van der Waals surface area contributed by atoms with Crippen LogP contribution in [0.4, 0.5) is 0 Å². The van der Waals surface area contributed by atoms with Gasteiger partial charge in [-0.1, -0.05) is 78.9 Å². The van der Waals surface area contributed by atoms with Gasteiger partial charge in [0.2, 0.25) is 6.33 Å². The fourth-order valence-electron chi connectivity index (χ4n) is 4.06. The lowest BCUT2D eigenvalue weighted by molar-refractivity contribution is -0.685. The number of imidazole rings is 1. The fraction of sp³-hybridized carbons (Fsp3) is 0.115. The Morgan fingerprint density at radius 2 is 1.47 bits per heavy atom. The Labute approximate surface area is 185 Å². The van der Waals surface area contributed by atoms with Crippen LogP contribution in [0.15, 0.2) is 91.3 Å². The molecule has 5 rings (SSSR count). The molecule has 0 aliphatic heterocycles. The molecule has 0 saturated carbocycles. The lowest BCUT2D eigenvalue weighted by atomic mass is 10.0. The van der Waals surface area contributed by atoms with Gasteiger partial charge in [0.25, 0.3) is 10.3 Å². The molecule has 0 bridgehead atoms. The van der Waals surface area contributed by atoms with E-state index in [9.17, 15) is 0 Å². The number of aromatic nitrogens is 2. The van der Waals surface area contributed by atoms with Gasteiger partial charge in [0.1, 0.15) is 6.54 Å². The molecule has 5 aromatic rings. The van der Waals surface area contributed by atoms with Gasteiger partial charge in [-0.2, -0.15) is 0 Å². The van der Waals surface area contributed by atoms with Gasteiger partial charge >= 0.3 is 0 Å². The van der Waals surface area contributed by atoms with E-state index in [-0.39, 0.29) is 0 Å². The summed E-state index contributed by atoms with van der Waals surface area (Å²) in [6.07, 6.45) is 2.91. The molecule has 30 heavy (non-hydrogen) atoms. The minimum Gasteiger partial charge on any atom is -0.219 e. The second kappa shape index (κ2) is 8.14. The van der Waals surface area contributed by atoms with E-state index in [1.54, 1.807) is 0 Å². The number of fused-ring (bicyclic) bond motifs is 2. The van der Waals surface area contributed by atoms with Crippen molar-refractivity contribution in [2.75, 3.05) is 0 Å². The molecule has 0 aliphatic carbocycles. The Hall–Kier alpha value is -2.81. The lowest BCUT2D eigenvalue weighted by Gasteiger charge is -2.05. The molecular weight excluding hydrogens is 411 g/mol. The summed E-state index contributed by atoms with van der Waals surface area (Å²) >= 11 is 13.1. The lowest BCUT2D eigenvalue weighted by Crippen LogP contribution is -2.33. The number of nitrogens with zero attached hydrogens (tertiary/aromatic N) is 2. The number of halogens is 2. The molecule has 2 nitrogen and oxygen atoms in total. The maximum Gasteiger partial charge on any atom is 0.255 e. The van der Waals surface area contributed by atoms with Crippen molar-refractivity contribution in [3.8, 4) is 0 Å². The zero-order valence-corrected chi connectivity index (χ0v) is 17.9. The minimum absolute atomic E-state index is 0.572. The Morgan fingerprint density at radius 1 is 0.733 bits per heavy atom. The Bertz CT molecular complexity index is 1350. The van der Waals surface area contributed by atoms with Crippen LogP contribution >= 0.6 is 23.2 Å². The van der Waals surface area contributed by atoms with Crippen molar-refractivity contribution in [2.45, 2.75) is 19.5 Å². The highest BCUT2D eigenvalue weighted by atomic mass is 35.5. The molecule has 0 amide bonds. The third kappa shape index (κ3) is 3.69. The number of rotatable bonds is 5. The van der Waals surface area contributed by atoms with Gasteiger partial charge in [-0.3, -0.25) is 0 Å². The average Bonchev–Trinajstić information content (AvgIpc) is 3.05. The second-order valence-electron chi connectivity index (χ2n) is 7.59. The summed E-state index contributed by atoms with van der Waals surface area (Å²) in [5, 5.41) is 6.17. The van der Waals surface area contributed by atoms with Crippen LogP contribution in [0.2, 0.25) is 10.3 Å². The maximum absolute atomic E-state index is 6.57. The summed E-state index contributed by atoms with van der Waals surface area (Å²) in [7, 11) is 0. The SMILES string of the molecule is Clc1c(Cl)[n+](Cc2ccc3ccccc3c2)cn1CCc1cccc2ccccc12. The molecule has 0 N–H and O–H groups in total. The monoisotopic (exact) mass is 431 g/mol. The number of hydrogen-bond acceptors (Lipinski definition) is 0. The average molecular weight is 432 g/mol. The fourth-order valence-corrected chi connectivity index (χ4v) is 4.51. The van der Waals surface area contributed by atoms with Gasteiger partial charge in [-0.05, 0) is 61.9 Å². The second-order valence-corrected chi connectivity index (χ2v) is 8.30. The van der Waals surface area contributed by atoms with Crippen molar-refractivity contribution < 1.29 is 4.57 Å². The maximum atomic E-state index is 6.57. The third-order valence-electron chi connectivity index (χ3n) is 5.62. The van der Waals surface area contributed by atoms with Crippen molar-refractivity contribution in [1.29, 1.82) is 0 Å². The summed E-state index contributed by atoms with van der Waals surface area (Å²) in [6, 6.07) is 29.8. The zero-order valence-electron chi connectivity index (χ0n) is 16.4. The molecule has 1 aromatic heterocycles. The molecule has 0 aliphatic rings. The smallest absolute Gasteiger partial charge is 0.219 e. The van der Waals surface area contributed by atoms with E-state index < -0.39 is 0 Å². The van der Waals surface area contributed by atoms with Gasteiger partial charge in [-0.15, -0.1) is 0 Å². The van der Waals surface area contributed by atoms with Crippen molar-refractivity contribution in [3.05, 3.63) is 113 Å². The Morgan fingerprint density at radius 3 is 2.33 bits per heavy atom. The first-order chi connectivity index (χ1) is 14.7. The van der Waals surface area contributed by atoms with E-state index >= 15 is 0 Å². The summed E-state index contributed by atoms with van der Waals surface area (Å²) in [4.78, 5) is 0. The van der Waals surface area contributed by atoms with Gasteiger partial charge in [0.15, 0.2) is 0 Å². The van der Waals surface area contributed by atoms with Crippen LogP contribution in [-0.4, -0.2) is 4.57 Å². The molecule has 4 aromatic carbocycles. The van der Waals surface area contributed by atoms with E-state index in [1.165, 1.54) is 32.7 Å². The minimum atomic E-state index is 0.572. The summed E-state index contributed by atoms with van der Waals surface area (Å²) in [5.74, 6) is 0. The molecule has 0 saturated heterocycles. The van der Waals surface area contributed by atoms with E-state index in [1.807, 2.05) is 15.5 Å². The first-order valence-electron chi connectivity index (χ1n) is 10.1. The van der Waals surface area contributed by atoms with Gasteiger partial charge in [0, 0.05) is 6.42 Å². The highest BCUT2D eigenvalue weighted by Crippen LogP contribution is 2.23. The molecule has 0 atom stereocenters. The van der Waals surface area contributed by atoms with Crippen LogP contribution in [0.5, 0.6) is 0 Å². The van der Waals surface area contributed by atoms with E-state index in [2.05, 4.69) is 84.9 Å². The number of hydrogen-bond donors (Lipinski definition) is 0. The Kier molecular flexibility index (Phi) is 5.20. The van der Waals surface area contributed by atoms with Crippen molar-refractivity contribution >= 4 is 44.7 Å². The van der Waals surface area contributed by atoms with Crippen LogP contribution in [0, 0.1) is 0 Å². The summed E-state index contributed by atoms with van der Waals surface area (Å²) in [6.45, 7) is 1.46. The third-order valence-corrected chi connectivity index (χ3v) is 6.51. The van der Waals surface area contributed by atoms with Crippen LogP contribution in [0.3, 0.4) is 0 Å². The van der Waals surface area contributed by atoms with E-state index in [0.717, 1.165) is 13.0 Å². The largest absolute Gasteiger partial charge is 0.255 e.